The van der Waals surface area contributed by atoms with E-state index in [1.807, 2.05) is 0 Å². The van der Waals surface area contributed by atoms with Gasteiger partial charge in [0.05, 0.1) is 0 Å². The van der Waals surface area contributed by atoms with Crippen molar-refractivity contribution in [2.75, 3.05) is 0 Å². The quantitative estimate of drug-likeness (QED) is 0.566. The molecule has 0 radical (unpaired) electrons. The fourth-order valence-electron chi connectivity index (χ4n) is 3.99. The van der Waals surface area contributed by atoms with Gasteiger partial charge in [0.15, 0.2) is 0 Å². The molecule has 3 fully saturated rings. The van der Waals surface area contributed by atoms with E-state index in [1.54, 1.807) is 0 Å². The van der Waals surface area contributed by atoms with Gasteiger partial charge < -0.3 is 0 Å². The highest BCUT2D eigenvalue weighted by atomic mass is 16.1. The summed E-state index contributed by atoms with van der Waals surface area (Å²) in [5.74, 6) is 1.74. The number of carbonyl (C=O) groups is 2. The summed E-state index contributed by atoms with van der Waals surface area (Å²) in [6.45, 7) is 0. The molecule has 0 aliphatic heterocycles. The molecule has 3 rings (SSSR count). The minimum absolute atomic E-state index is 0.142. The second-order valence-electron chi connectivity index (χ2n) is 4.89. The van der Waals surface area contributed by atoms with E-state index in [1.165, 1.54) is 6.42 Å². The molecule has 0 unspecified atom stereocenters. The van der Waals surface area contributed by atoms with Crippen molar-refractivity contribution in [1.82, 2.24) is 0 Å². The van der Waals surface area contributed by atoms with E-state index in [0.29, 0.717) is 36.2 Å². The summed E-state index contributed by atoms with van der Waals surface area (Å²) in [5, 5.41) is 0. The molecular weight excluding hydrogens is 164 g/mol. The molecule has 0 saturated heterocycles. The summed E-state index contributed by atoms with van der Waals surface area (Å²) in [5.41, 5.74) is -0.142. The first-order chi connectivity index (χ1) is 6.23. The highest BCUT2D eigenvalue weighted by Crippen LogP contribution is 2.61. The van der Waals surface area contributed by atoms with E-state index in [2.05, 4.69) is 0 Å². The van der Waals surface area contributed by atoms with Gasteiger partial charge in [0, 0.05) is 24.7 Å². The third-order valence-corrected chi connectivity index (χ3v) is 4.52. The molecule has 0 heterocycles. The number of rotatable bonds is 0. The molecule has 3 aliphatic rings. The molecule has 70 valence electrons. The van der Waals surface area contributed by atoms with Gasteiger partial charge in [0.1, 0.15) is 11.6 Å². The zero-order valence-corrected chi connectivity index (χ0v) is 7.71. The molecule has 2 heteroatoms. The van der Waals surface area contributed by atoms with Gasteiger partial charge >= 0.3 is 0 Å². The molecule has 3 aliphatic carbocycles. The third kappa shape index (κ3) is 0.749. The van der Waals surface area contributed by atoms with E-state index in [9.17, 15) is 9.59 Å². The van der Waals surface area contributed by atoms with Crippen LogP contribution >= 0.6 is 0 Å². The van der Waals surface area contributed by atoms with Gasteiger partial charge in [-0.1, -0.05) is 0 Å². The lowest BCUT2D eigenvalue weighted by atomic mass is 9.75. The Morgan fingerprint density at radius 1 is 1.08 bits per heavy atom. The summed E-state index contributed by atoms with van der Waals surface area (Å²) in [4.78, 5) is 23.2. The lowest BCUT2D eigenvalue weighted by Crippen LogP contribution is -2.30. The van der Waals surface area contributed by atoms with Crippen LogP contribution in [0.1, 0.15) is 38.5 Å². The standard InChI is InChI=1S/C11H14O2/c12-9-5-8-2-1-7-3-4-10(13)11(7,8)6-9/h7-8H,1-6H2/t7-,8-,11+/m0/s1. The van der Waals surface area contributed by atoms with E-state index in [0.717, 1.165) is 19.3 Å². The van der Waals surface area contributed by atoms with Crippen molar-refractivity contribution in [2.24, 2.45) is 17.3 Å². The topological polar surface area (TPSA) is 34.1 Å². The van der Waals surface area contributed by atoms with Crippen molar-refractivity contribution in [3.63, 3.8) is 0 Å². The SMILES string of the molecule is O=C1C[C@@H]2CC[C@H]3CCC(=O)[C@]32C1. The maximum absolute atomic E-state index is 11.9. The van der Waals surface area contributed by atoms with Crippen LogP contribution in [0.15, 0.2) is 0 Å². The van der Waals surface area contributed by atoms with Crippen LogP contribution in [0.4, 0.5) is 0 Å². The van der Waals surface area contributed by atoms with E-state index >= 15 is 0 Å². The summed E-state index contributed by atoms with van der Waals surface area (Å²) >= 11 is 0. The van der Waals surface area contributed by atoms with Gasteiger partial charge in [-0.3, -0.25) is 9.59 Å². The Hall–Kier alpha value is -0.660. The molecule has 1 spiro atoms. The van der Waals surface area contributed by atoms with Crippen LogP contribution < -0.4 is 0 Å². The Morgan fingerprint density at radius 2 is 1.85 bits per heavy atom. The smallest absolute Gasteiger partial charge is 0.140 e. The second kappa shape index (κ2) is 2.23. The van der Waals surface area contributed by atoms with Crippen LogP contribution in [0.5, 0.6) is 0 Å². The Morgan fingerprint density at radius 3 is 2.69 bits per heavy atom. The van der Waals surface area contributed by atoms with Crippen LogP contribution in [0.2, 0.25) is 0 Å². The van der Waals surface area contributed by atoms with Crippen molar-refractivity contribution in [2.45, 2.75) is 38.5 Å². The molecular formula is C11H14O2. The molecule has 3 atom stereocenters. The van der Waals surface area contributed by atoms with Crippen molar-refractivity contribution < 1.29 is 9.59 Å². The maximum Gasteiger partial charge on any atom is 0.140 e. The van der Waals surface area contributed by atoms with E-state index in [-0.39, 0.29) is 5.41 Å². The summed E-state index contributed by atoms with van der Waals surface area (Å²) in [7, 11) is 0. The highest BCUT2D eigenvalue weighted by Gasteiger charge is 2.61. The molecule has 0 aromatic carbocycles. The predicted octanol–water partition coefficient (Wildman–Crippen LogP) is 1.72. The number of ketones is 2. The first-order valence-electron chi connectivity index (χ1n) is 5.28. The first-order valence-corrected chi connectivity index (χ1v) is 5.28. The van der Waals surface area contributed by atoms with E-state index in [4.69, 9.17) is 0 Å². The normalized spacial score (nSPS) is 48.3. The summed E-state index contributed by atoms with van der Waals surface area (Å²) in [6.07, 6.45) is 5.41. The van der Waals surface area contributed by atoms with Gasteiger partial charge in [0.2, 0.25) is 0 Å². The number of hydrogen-bond donors (Lipinski definition) is 0. The molecule has 0 aromatic rings. The Kier molecular flexibility index (Phi) is 1.32. The van der Waals surface area contributed by atoms with Crippen molar-refractivity contribution >= 4 is 11.6 Å². The Bertz CT molecular complexity index is 294. The van der Waals surface area contributed by atoms with Gasteiger partial charge in [0.25, 0.3) is 0 Å². The minimum atomic E-state index is -0.142. The first kappa shape index (κ1) is 7.72. The molecule has 0 aromatic heterocycles. The van der Waals surface area contributed by atoms with Gasteiger partial charge in [-0.05, 0) is 31.1 Å². The number of carbonyl (C=O) groups excluding carboxylic acids is 2. The number of Topliss-reactive ketones (excluding diaryl/α,β-unsaturated/α-hetero) is 2. The second-order valence-corrected chi connectivity index (χ2v) is 4.89. The van der Waals surface area contributed by atoms with Crippen molar-refractivity contribution in [3.05, 3.63) is 0 Å². The van der Waals surface area contributed by atoms with Crippen LogP contribution in [0.3, 0.4) is 0 Å². The molecule has 2 nitrogen and oxygen atoms in total. The number of hydrogen-bond acceptors (Lipinski definition) is 2. The monoisotopic (exact) mass is 178 g/mol. The van der Waals surface area contributed by atoms with Gasteiger partial charge in [-0.25, -0.2) is 0 Å². The van der Waals surface area contributed by atoms with Gasteiger partial charge in [-0.2, -0.15) is 0 Å². The average molecular weight is 178 g/mol. The third-order valence-electron chi connectivity index (χ3n) is 4.52. The Balaban J connectivity index is 2.07. The summed E-state index contributed by atoms with van der Waals surface area (Å²) in [6, 6.07) is 0. The summed E-state index contributed by atoms with van der Waals surface area (Å²) < 4.78 is 0. The fourth-order valence-corrected chi connectivity index (χ4v) is 3.99. The maximum atomic E-state index is 11.9. The minimum Gasteiger partial charge on any atom is -0.300 e. The van der Waals surface area contributed by atoms with Crippen LogP contribution in [0.25, 0.3) is 0 Å². The zero-order valence-electron chi connectivity index (χ0n) is 7.71. The van der Waals surface area contributed by atoms with Gasteiger partial charge in [-0.15, -0.1) is 0 Å². The lowest BCUT2D eigenvalue weighted by Gasteiger charge is -2.26. The van der Waals surface area contributed by atoms with E-state index < -0.39 is 0 Å². The molecule has 0 amide bonds. The largest absolute Gasteiger partial charge is 0.300 e. The zero-order chi connectivity index (χ0) is 9.05. The van der Waals surface area contributed by atoms with Crippen molar-refractivity contribution in [1.29, 1.82) is 0 Å². The molecule has 0 bridgehead atoms. The lowest BCUT2D eigenvalue weighted by molar-refractivity contribution is -0.129. The van der Waals surface area contributed by atoms with Crippen LogP contribution in [-0.4, -0.2) is 11.6 Å². The van der Waals surface area contributed by atoms with Crippen LogP contribution in [-0.2, 0) is 9.59 Å². The molecule has 0 N–H and O–H groups in total. The molecule has 13 heavy (non-hydrogen) atoms. The highest BCUT2D eigenvalue weighted by molar-refractivity contribution is 5.96. The Labute approximate surface area is 77.7 Å². The van der Waals surface area contributed by atoms with Crippen LogP contribution in [0, 0.1) is 17.3 Å². The fraction of sp³-hybridized carbons (Fsp3) is 0.818. The van der Waals surface area contributed by atoms with Crippen molar-refractivity contribution in [3.8, 4) is 0 Å². The molecule has 3 saturated carbocycles. The average Bonchev–Trinajstić information content (AvgIpc) is 2.63. The predicted molar refractivity (Wildman–Crippen MR) is 47.1 cm³/mol.